The van der Waals surface area contributed by atoms with Gasteiger partial charge in [0, 0.05) is 29.9 Å². The van der Waals surface area contributed by atoms with Crippen molar-refractivity contribution in [2.24, 2.45) is 4.99 Å². The molecule has 4 heterocycles. The molecule has 0 amide bonds. The molecule has 1 atom stereocenters. The maximum absolute atomic E-state index is 5.94. The van der Waals surface area contributed by atoms with E-state index in [1.54, 1.807) is 6.20 Å². The van der Waals surface area contributed by atoms with Crippen LogP contribution in [0, 0.1) is 0 Å². The molecule has 3 aliphatic rings. The van der Waals surface area contributed by atoms with Crippen molar-refractivity contribution in [1.29, 1.82) is 0 Å². The highest BCUT2D eigenvalue weighted by molar-refractivity contribution is 5.97. The van der Waals surface area contributed by atoms with Crippen molar-refractivity contribution in [3.05, 3.63) is 53.7 Å². The number of aromatic nitrogens is 1. The van der Waals surface area contributed by atoms with Gasteiger partial charge in [-0.25, -0.2) is 9.98 Å². The van der Waals surface area contributed by atoms with Crippen LogP contribution in [0.4, 0.5) is 0 Å². The molecule has 1 saturated heterocycles. The van der Waals surface area contributed by atoms with E-state index in [0.717, 1.165) is 29.8 Å². The molecule has 5 rings (SSSR count). The molecule has 0 aliphatic carbocycles. The third-order valence-corrected chi connectivity index (χ3v) is 5.70. The van der Waals surface area contributed by atoms with Gasteiger partial charge in [0.1, 0.15) is 19.4 Å². The van der Waals surface area contributed by atoms with Crippen LogP contribution in [0.15, 0.2) is 47.6 Å². The Morgan fingerprint density at radius 2 is 2.13 bits per heavy atom. The zero-order chi connectivity index (χ0) is 21.0. The average Bonchev–Trinajstić information content (AvgIpc) is 2.83. The van der Waals surface area contributed by atoms with Gasteiger partial charge in [0.15, 0.2) is 0 Å². The third kappa shape index (κ3) is 4.29. The van der Waals surface area contributed by atoms with Crippen LogP contribution in [-0.2, 0) is 20.6 Å². The number of pyridine rings is 1. The summed E-state index contributed by atoms with van der Waals surface area (Å²) >= 11 is 0. The molecule has 7 nitrogen and oxygen atoms in total. The van der Waals surface area contributed by atoms with Crippen molar-refractivity contribution in [2.75, 3.05) is 46.2 Å². The van der Waals surface area contributed by atoms with Gasteiger partial charge in [0.25, 0.3) is 0 Å². The Hall–Kier alpha value is -2.90. The van der Waals surface area contributed by atoms with Gasteiger partial charge >= 0.3 is 0 Å². The molecule has 0 spiro atoms. The maximum atomic E-state index is 5.94. The summed E-state index contributed by atoms with van der Waals surface area (Å²) in [6.45, 7) is 6.41. The van der Waals surface area contributed by atoms with Gasteiger partial charge in [-0.1, -0.05) is 18.2 Å². The molecule has 0 N–H and O–H groups in total. The van der Waals surface area contributed by atoms with Crippen molar-refractivity contribution in [3.63, 3.8) is 0 Å². The first-order valence-corrected chi connectivity index (χ1v) is 10.9. The first kappa shape index (κ1) is 20.0. The molecule has 7 heteroatoms. The van der Waals surface area contributed by atoms with E-state index in [0.29, 0.717) is 51.5 Å². The molecule has 1 unspecified atom stereocenters. The summed E-state index contributed by atoms with van der Waals surface area (Å²) in [7, 11) is 0. The molecule has 1 fully saturated rings. The van der Waals surface area contributed by atoms with Crippen LogP contribution >= 0.6 is 0 Å². The lowest BCUT2D eigenvalue weighted by molar-refractivity contribution is -0.103. The lowest BCUT2D eigenvalue weighted by atomic mass is 9.92. The minimum Gasteiger partial charge on any atom is -0.478 e. The monoisotopic (exact) mass is 421 g/mol. The summed E-state index contributed by atoms with van der Waals surface area (Å²) in [5.41, 5.74) is 5.85. The van der Waals surface area contributed by atoms with E-state index in [9.17, 15) is 0 Å². The minimum atomic E-state index is -0.0342. The summed E-state index contributed by atoms with van der Waals surface area (Å²) < 4.78 is 22.8. The predicted octanol–water partition coefficient (Wildman–Crippen LogP) is 3.15. The maximum Gasteiger partial charge on any atom is 0.221 e. The predicted molar refractivity (Wildman–Crippen MR) is 118 cm³/mol. The molecule has 3 aliphatic heterocycles. The standard InChI is InChI=1S/C24H27N3O4/c1-2-29-24-21(4-3-8-25-24)17-5-6-20-18(12-17)7-9-27-16-26-23(13-22(20)27)31-15-19-14-28-10-11-30-19/h3-6,8,12-13,19H,2,7,9-11,14-16H2,1H3. The molecule has 0 radical (unpaired) electrons. The number of aliphatic imine (C=N–C) groups is 1. The van der Waals surface area contributed by atoms with Gasteiger partial charge in [-0.3, -0.25) is 0 Å². The lowest BCUT2D eigenvalue weighted by Gasteiger charge is -2.34. The number of fused-ring (bicyclic) bond motifs is 3. The Kier molecular flexibility index (Phi) is 5.86. The molecule has 162 valence electrons. The number of hydrogen-bond donors (Lipinski definition) is 0. The van der Waals surface area contributed by atoms with Gasteiger partial charge in [-0.15, -0.1) is 0 Å². The van der Waals surface area contributed by atoms with E-state index >= 15 is 0 Å². The second kappa shape index (κ2) is 9.08. The molecule has 0 bridgehead atoms. The summed E-state index contributed by atoms with van der Waals surface area (Å²) in [6, 6.07) is 10.6. The second-order valence-electron chi connectivity index (χ2n) is 7.72. The number of hydrogen-bond acceptors (Lipinski definition) is 7. The van der Waals surface area contributed by atoms with Crippen molar-refractivity contribution < 1.29 is 18.9 Å². The average molecular weight is 421 g/mol. The Labute approximate surface area is 182 Å². The highest BCUT2D eigenvalue weighted by Crippen LogP contribution is 2.35. The van der Waals surface area contributed by atoms with E-state index < -0.39 is 0 Å². The van der Waals surface area contributed by atoms with E-state index in [1.807, 2.05) is 19.1 Å². The molecule has 1 aromatic carbocycles. The number of rotatable bonds is 5. The zero-order valence-corrected chi connectivity index (χ0v) is 17.8. The van der Waals surface area contributed by atoms with Crippen molar-refractivity contribution in [3.8, 4) is 17.0 Å². The van der Waals surface area contributed by atoms with Gasteiger partial charge in [0.05, 0.1) is 32.1 Å². The van der Waals surface area contributed by atoms with Crippen LogP contribution in [0.25, 0.3) is 16.8 Å². The Morgan fingerprint density at radius 3 is 3.00 bits per heavy atom. The highest BCUT2D eigenvalue weighted by atomic mass is 16.6. The fraction of sp³-hybridized carbons (Fsp3) is 0.417. The first-order valence-electron chi connectivity index (χ1n) is 10.9. The number of ether oxygens (including phenoxy) is 4. The molecule has 1 aromatic heterocycles. The SMILES string of the molecule is CCOc1ncccc1-c1ccc2c(c1)CCN1CN=C(OCC3COCCO3)C=C21. The zero-order valence-electron chi connectivity index (χ0n) is 17.8. The van der Waals surface area contributed by atoms with E-state index in [2.05, 4.69) is 39.1 Å². The van der Waals surface area contributed by atoms with Crippen molar-refractivity contribution >= 4 is 11.6 Å². The summed E-state index contributed by atoms with van der Waals surface area (Å²) in [5.74, 6) is 1.33. The van der Waals surface area contributed by atoms with E-state index in [1.165, 1.54) is 11.1 Å². The van der Waals surface area contributed by atoms with Crippen LogP contribution in [0.5, 0.6) is 5.88 Å². The molecular formula is C24H27N3O4. The lowest BCUT2D eigenvalue weighted by Crippen LogP contribution is -2.35. The normalized spacial score (nSPS) is 20.3. The first-order chi connectivity index (χ1) is 15.3. The van der Waals surface area contributed by atoms with Gasteiger partial charge in [0.2, 0.25) is 11.8 Å². The minimum absolute atomic E-state index is 0.0342. The largest absolute Gasteiger partial charge is 0.478 e. The molecule has 31 heavy (non-hydrogen) atoms. The Balaban J connectivity index is 1.37. The van der Waals surface area contributed by atoms with Gasteiger partial charge in [-0.2, -0.15) is 0 Å². The van der Waals surface area contributed by atoms with Gasteiger partial charge in [-0.05, 0) is 36.6 Å². The van der Waals surface area contributed by atoms with Crippen LogP contribution in [-0.4, -0.2) is 68.1 Å². The van der Waals surface area contributed by atoms with Crippen molar-refractivity contribution in [1.82, 2.24) is 9.88 Å². The fourth-order valence-corrected chi connectivity index (χ4v) is 4.16. The van der Waals surface area contributed by atoms with Gasteiger partial charge < -0.3 is 23.8 Å². The van der Waals surface area contributed by atoms with Crippen LogP contribution < -0.4 is 4.74 Å². The van der Waals surface area contributed by atoms with E-state index in [4.69, 9.17) is 18.9 Å². The topological polar surface area (TPSA) is 65.4 Å². The Morgan fingerprint density at radius 1 is 1.16 bits per heavy atom. The number of nitrogens with zero attached hydrogens (tertiary/aromatic N) is 3. The van der Waals surface area contributed by atoms with Crippen LogP contribution in [0.1, 0.15) is 18.1 Å². The molecule has 2 aromatic rings. The summed E-state index contributed by atoms with van der Waals surface area (Å²) in [5, 5.41) is 0. The second-order valence-corrected chi connectivity index (χ2v) is 7.72. The molecule has 0 saturated carbocycles. The van der Waals surface area contributed by atoms with Crippen LogP contribution in [0.3, 0.4) is 0 Å². The highest BCUT2D eigenvalue weighted by Gasteiger charge is 2.25. The molecular weight excluding hydrogens is 394 g/mol. The third-order valence-electron chi connectivity index (χ3n) is 5.70. The van der Waals surface area contributed by atoms with Crippen molar-refractivity contribution in [2.45, 2.75) is 19.4 Å². The smallest absolute Gasteiger partial charge is 0.221 e. The summed E-state index contributed by atoms with van der Waals surface area (Å²) in [6.07, 6.45) is 4.75. The summed E-state index contributed by atoms with van der Waals surface area (Å²) in [4.78, 5) is 11.3. The van der Waals surface area contributed by atoms with E-state index in [-0.39, 0.29) is 6.10 Å². The quantitative estimate of drug-likeness (QED) is 0.739. The van der Waals surface area contributed by atoms with Crippen LogP contribution in [0.2, 0.25) is 0 Å². The Bertz CT molecular complexity index is 998. The number of benzene rings is 1. The fourth-order valence-electron chi connectivity index (χ4n) is 4.16.